The summed E-state index contributed by atoms with van der Waals surface area (Å²) in [5.74, 6) is 2.41. The molecule has 1 heterocycles. The minimum atomic E-state index is 0.394. The Kier molecular flexibility index (Phi) is 5.20. The maximum absolute atomic E-state index is 6.00. The van der Waals surface area contributed by atoms with Gasteiger partial charge in [-0.1, -0.05) is 53.7 Å². The molecule has 0 saturated carbocycles. The van der Waals surface area contributed by atoms with Gasteiger partial charge in [0.25, 0.3) is 0 Å². The summed E-state index contributed by atoms with van der Waals surface area (Å²) in [6.45, 7) is 0.394. The summed E-state index contributed by atoms with van der Waals surface area (Å²) in [6, 6.07) is 17.5. The smallest absolute Gasteiger partial charge is 0.191 e. The zero-order valence-electron chi connectivity index (χ0n) is 12.6. The Bertz CT molecular complexity index is 777. The van der Waals surface area contributed by atoms with Gasteiger partial charge in [0.05, 0.1) is 0 Å². The largest absolute Gasteiger partial charge is 0.486 e. The number of hydrogen-bond acceptors (Lipinski definition) is 4. The summed E-state index contributed by atoms with van der Waals surface area (Å²) in [5.41, 5.74) is 1.16. The van der Waals surface area contributed by atoms with E-state index in [1.165, 1.54) is 0 Å². The third kappa shape index (κ3) is 4.27. The van der Waals surface area contributed by atoms with Gasteiger partial charge >= 0.3 is 0 Å². The number of ether oxygens (including phenoxy) is 1. The Morgan fingerprint density at radius 3 is 2.70 bits per heavy atom. The van der Waals surface area contributed by atoms with Gasteiger partial charge in [-0.25, -0.2) is 0 Å². The quantitative estimate of drug-likeness (QED) is 0.623. The van der Waals surface area contributed by atoms with Gasteiger partial charge < -0.3 is 9.30 Å². The first-order valence-corrected chi connectivity index (χ1v) is 8.52. The van der Waals surface area contributed by atoms with Crippen LogP contribution in [0.3, 0.4) is 0 Å². The highest BCUT2D eigenvalue weighted by Gasteiger charge is 2.10. The van der Waals surface area contributed by atoms with E-state index in [2.05, 4.69) is 16.3 Å². The fourth-order valence-electron chi connectivity index (χ4n) is 2.04. The number of nitrogens with zero attached hydrogens (tertiary/aromatic N) is 3. The molecule has 0 radical (unpaired) electrons. The van der Waals surface area contributed by atoms with E-state index < -0.39 is 0 Å². The summed E-state index contributed by atoms with van der Waals surface area (Å²) in [7, 11) is 1.95. The van der Waals surface area contributed by atoms with Gasteiger partial charge in [-0.3, -0.25) is 0 Å². The SMILES string of the molecule is Cn1c(COc2ccccc2)nnc1SCc1cccc(Cl)c1. The summed E-state index contributed by atoms with van der Waals surface area (Å²) in [4.78, 5) is 0. The van der Waals surface area contributed by atoms with Crippen molar-refractivity contribution in [1.82, 2.24) is 14.8 Å². The molecule has 0 atom stereocenters. The number of rotatable bonds is 6. The summed E-state index contributed by atoms with van der Waals surface area (Å²) >= 11 is 7.63. The first-order chi connectivity index (χ1) is 11.2. The van der Waals surface area contributed by atoms with Crippen LogP contribution >= 0.6 is 23.4 Å². The maximum atomic E-state index is 6.00. The number of benzene rings is 2. The molecule has 0 amide bonds. The zero-order chi connectivity index (χ0) is 16.1. The number of aromatic nitrogens is 3. The lowest BCUT2D eigenvalue weighted by atomic mass is 10.2. The fraction of sp³-hybridized carbons (Fsp3) is 0.176. The second-order valence-corrected chi connectivity index (χ2v) is 6.36. The minimum absolute atomic E-state index is 0.394. The van der Waals surface area contributed by atoms with Crippen LogP contribution in [0.25, 0.3) is 0 Å². The van der Waals surface area contributed by atoms with Crippen molar-refractivity contribution in [2.24, 2.45) is 7.05 Å². The summed E-state index contributed by atoms with van der Waals surface area (Å²) in [6.07, 6.45) is 0. The summed E-state index contributed by atoms with van der Waals surface area (Å²) < 4.78 is 7.67. The van der Waals surface area contributed by atoms with Gasteiger partial charge in [-0.2, -0.15) is 0 Å². The zero-order valence-corrected chi connectivity index (χ0v) is 14.2. The monoisotopic (exact) mass is 345 g/mol. The number of para-hydroxylation sites is 1. The molecule has 0 bridgehead atoms. The number of thioether (sulfide) groups is 1. The highest BCUT2D eigenvalue weighted by Crippen LogP contribution is 2.23. The molecule has 2 aromatic carbocycles. The lowest BCUT2D eigenvalue weighted by Gasteiger charge is -2.06. The Labute approximate surface area is 144 Å². The van der Waals surface area contributed by atoms with Crippen molar-refractivity contribution in [1.29, 1.82) is 0 Å². The predicted molar refractivity (Wildman–Crippen MR) is 92.8 cm³/mol. The van der Waals surface area contributed by atoms with Crippen molar-refractivity contribution in [3.63, 3.8) is 0 Å². The average molecular weight is 346 g/mol. The molecule has 0 unspecified atom stereocenters. The van der Waals surface area contributed by atoms with E-state index in [1.54, 1.807) is 11.8 Å². The molecule has 0 saturated heterocycles. The van der Waals surface area contributed by atoms with Gasteiger partial charge in [-0.15, -0.1) is 10.2 Å². The molecule has 4 nitrogen and oxygen atoms in total. The van der Waals surface area contributed by atoms with Crippen LogP contribution in [0, 0.1) is 0 Å². The normalized spacial score (nSPS) is 10.7. The highest BCUT2D eigenvalue weighted by atomic mass is 35.5. The lowest BCUT2D eigenvalue weighted by molar-refractivity contribution is 0.290. The van der Waals surface area contributed by atoms with Gasteiger partial charge in [-0.05, 0) is 29.8 Å². The molecule has 0 fully saturated rings. The van der Waals surface area contributed by atoms with Crippen LogP contribution in [0.1, 0.15) is 11.4 Å². The van der Waals surface area contributed by atoms with Crippen molar-refractivity contribution < 1.29 is 4.74 Å². The van der Waals surface area contributed by atoms with E-state index >= 15 is 0 Å². The predicted octanol–water partition coefficient (Wildman–Crippen LogP) is 4.34. The first kappa shape index (κ1) is 15.9. The van der Waals surface area contributed by atoms with E-state index in [9.17, 15) is 0 Å². The van der Waals surface area contributed by atoms with E-state index in [0.717, 1.165) is 33.1 Å². The van der Waals surface area contributed by atoms with Crippen LogP contribution in [-0.4, -0.2) is 14.8 Å². The Balaban J connectivity index is 1.60. The first-order valence-electron chi connectivity index (χ1n) is 7.16. The lowest BCUT2D eigenvalue weighted by Crippen LogP contribution is -2.04. The molecule has 3 aromatic rings. The van der Waals surface area contributed by atoms with E-state index in [1.807, 2.05) is 60.1 Å². The standard InChI is InChI=1S/C17H16ClN3OS/c1-21-16(11-22-15-8-3-2-4-9-15)19-20-17(21)23-12-13-6-5-7-14(18)10-13/h2-10H,11-12H2,1H3. The molecule has 6 heteroatoms. The molecule has 0 aliphatic rings. The van der Waals surface area contributed by atoms with Crippen LogP contribution in [0.2, 0.25) is 5.02 Å². The number of halogens is 1. The van der Waals surface area contributed by atoms with Crippen molar-refractivity contribution in [3.8, 4) is 5.75 Å². The molecule has 0 aliphatic carbocycles. The molecule has 0 spiro atoms. The van der Waals surface area contributed by atoms with Crippen molar-refractivity contribution >= 4 is 23.4 Å². The van der Waals surface area contributed by atoms with Gasteiger partial charge in [0, 0.05) is 17.8 Å². The third-order valence-electron chi connectivity index (χ3n) is 3.29. The van der Waals surface area contributed by atoms with Gasteiger partial charge in [0.2, 0.25) is 0 Å². The van der Waals surface area contributed by atoms with E-state index in [4.69, 9.17) is 16.3 Å². The highest BCUT2D eigenvalue weighted by molar-refractivity contribution is 7.98. The molecule has 0 aliphatic heterocycles. The van der Waals surface area contributed by atoms with Crippen LogP contribution in [0.15, 0.2) is 59.8 Å². The third-order valence-corrected chi connectivity index (χ3v) is 4.62. The van der Waals surface area contributed by atoms with Crippen LogP contribution < -0.4 is 4.74 Å². The van der Waals surface area contributed by atoms with Gasteiger partial charge in [0.1, 0.15) is 12.4 Å². The topological polar surface area (TPSA) is 39.9 Å². The van der Waals surface area contributed by atoms with E-state index in [0.29, 0.717) is 6.61 Å². The molecule has 118 valence electrons. The fourth-order valence-corrected chi connectivity index (χ4v) is 3.12. The molecular weight excluding hydrogens is 330 g/mol. The Morgan fingerprint density at radius 2 is 1.91 bits per heavy atom. The average Bonchev–Trinajstić information content (AvgIpc) is 2.92. The van der Waals surface area contributed by atoms with Gasteiger partial charge in [0.15, 0.2) is 11.0 Å². The molecule has 3 rings (SSSR count). The van der Waals surface area contributed by atoms with Crippen molar-refractivity contribution in [3.05, 3.63) is 71.0 Å². The van der Waals surface area contributed by atoms with Crippen molar-refractivity contribution in [2.45, 2.75) is 17.5 Å². The minimum Gasteiger partial charge on any atom is -0.486 e. The van der Waals surface area contributed by atoms with Crippen LogP contribution in [0.5, 0.6) is 5.75 Å². The number of hydrogen-bond donors (Lipinski definition) is 0. The Morgan fingerprint density at radius 1 is 1.09 bits per heavy atom. The molecule has 23 heavy (non-hydrogen) atoms. The van der Waals surface area contributed by atoms with Crippen LogP contribution in [-0.2, 0) is 19.4 Å². The molecule has 0 N–H and O–H groups in total. The maximum Gasteiger partial charge on any atom is 0.191 e. The molecular formula is C17H16ClN3OS. The summed E-state index contributed by atoms with van der Waals surface area (Å²) in [5, 5.41) is 10.0. The molecule has 1 aromatic heterocycles. The Hall–Kier alpha value is -1.98. The second-order valence-electron chi connectivity index (χ2n) is 4.98. The van der Waals surface area contributed by atoms with Crippen molar-refractivity contribution in [2.75, 3.05) is 0 Å². The van der Waals surface area contributed by atoms with E-state index in [-0.39, 0.29) is 0 Å². The van der Waals surface area contributed by atoms with Crippen LogP contribution in [0.4, 0.5) is 0 Å². The second kappa shape index (κ2) is 7.53.